The van der Waals surface area contributed by atoms with Crippen molar-refractivity contribution < 1.29 is 18.0 Å². The van der Waals surface area contributed by atoms with E-state index in [9.17, 15) is 18.0 Å². The third-order valence-corrected chi connectivity index (χ3v) is 6.47. The molecule has 0 N–H and O–H groups in total. The summed E-state index contributed by atoms with van der Waals surface area (Å²) in [4.78, 5) is 32.2. The summed E-state index contributed by atoms with van der Waals surface area (Å²) in [5.74, 6) is 0.239. The quantitative estimate of drug-likeness (QED) is 0.632. The van der Waals surface area contributed by atoms with Gasteiger partial charge in [-0.25, -0.2) is 13.4 Å². The first kappa shape index (κ1) is 20.3. The Kier molecular flexibility index (Phi) is 6.34. The van der Waals surface area contributed by atoms with Crippen molar-refractivity contribution >= 4 is 21.9 Å². The number of aromatic nitrogens is 2. The number of carbonyl (C=O) groups is 2. The number of aldehydes is 1. The maximum atomic E-state index is 13.1. The largest absolute Gasteiger partial charge is 0.299 e. The first-order valence-corrected chi connectivity index (χ1v) is 11.3. The highest BCUT2D eigenvalue weighted by atomic mass is 32.2. The Hall–Kier alpha value is -2.41. The number of benzene rings is 1. The molecule has 0 saturated heterocycles. The number of rotatable bonds is 8. The summed E-state index contributed by atoms with van der Waals surface area (Å²) in [7, 11) is -3.27. The van der Waals surface area contributed by atoms with Crippen LogP contribution in [0.15, 0.2) is 41.6 Å². The lowest BCUT2D eigenvalue weighted by Gasteiger charge is -2.20. The molecule has 3 rings (SSSR count). The van der Waals surface area contributed by atoms with Crippen LogP contribution in [0.1, 0.15) is 59.8 Å². The Balaban J connectivity index is 1.82. The first-order valence-electron chi connectivity index (χ1n) is 9.45. The van der Waals surface area contributed by atoms with Crippen LogP contribution >= 0.6 is 0 Å². The third-order valence-electron chi connectivity index (χ3n) is 5.34. The molecule has 1 aromatic carbocycles. The molecule has 1 aliphatic rings. The lowest BCUT2D eigenvalue weighted by Crippen LogP contribution is -2.19. The van der Waals surface area contributed by atoms with Gasteiger partial charge in [0.25, 0.3) is 0 Å². The molecule has 0 bridgehead atoms. The van der Waals surface area contributed by atoms with Gasteiger partial charge in [-0.3, -0.25) is 14.6 Å². The molecule has 1 atom stereocenters. The molecule has 1 heterocycles. The molecule has 1 saturated carbocycles. The smallest absolute Gasteiger partial charge is 0.175 e. The van der Waals surface area contributed by atoms with Gasteiger partial charge in [0.2, 0.25) is 0 Å². The molecule has 0 aliphatic heterocycles. The van der Waals surface area contributed by atoms with Crippen molar-refractivity contribution in [3.05, 3.63) is 53.6 Å². The van der Waals surface area contributed by atoms with E-state index in [2.05, 4.69) is 9.97 Å². The lowest BCUT2D eigenvalue weighted by molar-refractivity contribution is -0.120. The highest BCUT2D eigenvalue weighted by Crippen LogP contribution is 2.35. The number of hydrogen-bond donors (Lipinski definition) is 0. The number of carbonyl (C=O) groups excluding carboxylic acids is 2. The number of Topliss-reactive ketones (excluding diaryl/α,β-unsaturated/α-hetero) is 1. The average molecular weight is 401 g/mol. The van der Waals surface area contributed by atoms with E-state index >= 15 is 0 Å². The lowest BCUT2D eigenvalue weighted by atomic mass is 9.83. The van der Waals surface area contributed by atoms with E-state index in [1.165, 1.54) is 31.5 Å². The van der Waals surface area contributed by atoms with Gasteiger partial charge in [-0.05, 0) is 30.0 Å². The third kappa shape index (κ3) is 5.10. The van der Waals surface area contributed by atoms with Gasteiger partial charge in [0.05, 0.1) is 23.2 Å². The van der Waals surface area contributed by atoms with Crippen LogP contribution in [0.25, 0.3) is 0 Å². The van der Waals surface area contributed by atoms with Gasteiger partial charge in [-0.2, -0.15) is 0 Å². The minimum absolute atomic E-state index is 0.0344. The molecule has 6 nitrogen and oxygen atoms in total. The van der Waals surface area contributed by atoms with Crippen LogP contribution in [0.3, 0.4) is 0 Å². The molecular weight excluding hydrogens is 376 g/mol. The van der Waals surface area contributed by atoms with Crippen LogP contribution in [-0.2, 0) is 21.1 Å². The van der Waals surface area contributed by atoms with Gasteiger partial charge in [-0.15, -0.1) is 0 Å². The maximum Gasteiger partial charge on any atom is 0.175 e. The highest BCUT2D eigenvalue weighted by Gasteiger charge is 2.27. The van der Waals surface area contributed by atoms with Crippen molar-refractivity contribution in [3.63, 3.8) is 0 Å². The van der Waals surface area contributed by atoms with Gasteiger partial charge in [0.15, 0.2) is 16.1 Å². The number of ketones is 1. The van der Waals surface area contributed by atoms with Crippen molar-refractivity contribution in [2.75, 3.05) is 6.26 Å². The van der Waals surface area contributed by atoms with Crippen molar-refractivity contribution in [2.45, 2.75) is 49.3 Å². The molecule has 1 aliphatic carbocycles. The van der Waals surface area contributed by atoms with Gasteiger partial charge < -0.3 is 0 Å². The molecule has 0 spiro atoms. The van der Waals surface area contributed by atoms with Gasteiger partial charge >= 0.3 is 0 Å². The van der Waals surface area contributed by atoms with E-state index in [1.807, 2.05) is 0 Å². The Labute approximate surface area is 165 Å². The van der Waals surface area contributed by atoms with Crippen LogP contribution in [0.5, 0.6) is 0 Å². The van der Waals surface area contributed by atoms with Gasteiger partial charge in [-0.1, -0.05) is 37.8 Å². The highest BCUT2D eigenvalue weighted by molar-refractivity contribution is 7.90. The molecule has 1 aromatic heterocycles. The Morgan fingerprint density at radius 3 is 2.36 bits per heavy atom. The summed E-state index contributed by atoms with van der Waals surface area (Å²) in [5, 5.41) is 0. The summed E-state index contributed by atoms with van der Waals surface area (Å²) in [5.41, 5.74) is 1.59. The Morgan fingerprint density at radius 1 is 1.14 bits per heavy atom. The van der Waals surface area contributed by atoms with Gasteiger partial charge in [0, 0.05) is 18.4 Å². The summed E-state index contributed by atoms with van der Waals surface area (Å²) in [6, 6.07) is 6.63. The molecule has 0 radical (unpaired) electrons. The van der Waals surface area contributed by atoms with Crippen molar-refractivity contribution in [2.24, 2.45) is 5.92 Å². The molecule has 148 valence electrons. The molecule has 28 heavy (non-hydrogen) atoms. The summed E-state index contributed by atoms with van der Waals surface area (Å²) >= 11 is 0. The van der Waals surface area contributed by atoms with Crippen LogP contribution in [0.4, 0.5) is 0 Å². The predicted octanol–water partition coefficient (Wildman–Crippen LogP) is 3.17. The zero-order chi connectivity index (χ0) is 20.1. The van der Waals surface area contributed by atoms with E-state index in [4.69, 9.17) is 0 Å². The van der Waals surface area contributed by atoms with Crippen LogP contribution < -0.4 is 0 Å². The standard InChI is InChI=1S/C21H24N2O4S/c1-28(26,27)19-8-6-16(7-9-19)20(10-15-4-2-3-5-15)21(25)11-17-12-23-18(14-24)13-22-17/h6-9,12-15,20H,2-5,10-11H2,1H3/t20-/m1/s1. The SMILES string of the molecule is CS(=O)(=O)c1ccc([C@@H](CC2CCCC2)C(=O)Cc2cnc(C=O)cn2)cc1. The van der Waals surface area contributed by atoms with E-state index in [-0.39, 0.29) is 28.7 Å². The van der Waals surface area contributed by atoms with Gasteiger partial charge in [0.1, 0.15) is 11.5 Å². The van der Waals surface area contributed by atoms with Crippen LogP contribution in [-0.4, -0.2) is 36.7 Å². The van der Waals surface area contributed by atoms with E-state index < -0.39 is 9.84 Å². The molecule has 1 fully saturated rings. The normalized spacial score (nSPS) is 16.0. The summed E-state index contributed by atoms with van der Waals surface area (Å²) in [6.45, 7) is 0. The predicted molar refractivity (Wildman–Crippen MR) is 105 cm³/mol. The second-order valence-corrected chi connectivity index (χ2v) is 9.49. The second-order valence-electron chi connectivity index (χ2n) is 7.47. The average Bonchev–Trinajstić information content (AvgIpc) is 3.19. The van der Waals surface area contributed by atoms with Crippen molar-refractivity contribution in [3.8, 4) is 0 Å². The molecule has 7 heteroatoms. The molecular formula is C21H24N2O4S. The fourth-order valence-electron chi connectivity index (χ4n) is 3.80. The van der Waals surface area contributed by atoms with Crippen LogP contribution in [0.2, 0.25) is 0 Å². The fraction of sp³-hybridized carbons (Fsp3) is 0.429. The molecule has 2 aromatic rings. The summed E-state index contributed by atoms with van der Waals surface area (Å²) < 4.78 is 23.4. The fourth-order valence-corrected chi connectivity index (χ4v) is 4.43. The second kappa shape index (κ2) is 8.73. The topological polar surface area (TPSA) is 94.1 Å². The monoisotopic (exact) mass is 400 g/mol. The zero-order valence-electron chi connectivity index (χ0n) is 15.9. The minimum atomic E-state index is -3.27. The number of hydrogen-bond acceptors (Lipinski definition) is 6. The minimum Gasteiger partial charge on any atom is -0.299 e. The van der Waals surface area contributed by atoms with E-state index in [0.29, 0.717) is 17.9 Å². The van der Waals surface area contributed by atoms with Crippen molar-refractivity contribution in [1.82, 2.24) is 9.97 Å². The van der Waals surface area contributed by atoms with E-state index in [1.54, 1.807) is 24.3 Å². The number of sulfone groups is 1. The first-order chi connectivity index (χ1) is 13.4. The van der Waals surface area contributed by atoms with E-state index in [0.717, 1.165) is 24.8 Å². The Bertz CT molecular complexity index is 931. The summed E-state index contributed by atoms with van der Waals surface area (Å²) in [6.07, 6.45) is 10.1. The van der Waals surface area contributed by atoms with Crippen molar-refractivity contribution in [1.29, 1.82) is 0 Å². The van der Waals surface area contributed by atoms with Crippen LogP contribution in [0, 0.1) is 5.92 Å². The molecule has 0 unspecified atom stereocenters. The zero-order valence-corrected chi connectivity index (χ0v) is 16.7. The maximum absolute atomic E-state index is 13.1. The number of nitrogens with zero attached hydrogens (tertiary/aromatic N) is 2. The molecule has 0 amide bonds. The Morgan fingerprint density at radius 2 is 1.82 bits per heavy atom.